The third kappa shape index (κ3) is 2.44. The van der Waals surface area contributed by atoms with Gasteiger partial charge in [-0.3, -0.25) is 19.2 Å². The van der Waals surface area contributed by atoms with Crippen molar-refractivity contribution in [2.24, 2.45) is 5.41 Å². The monoisotopic (exact) mass is 330 g/mol. The van der Waals surface area contributed by atoms with Crippen LogP contribution >= 0.6 is 0 Å². The van der Waals surface area contributed by atoms with Crippen molar-refractivity contribution in [3.05, 3.63) is 47.2 Å². The fourth-order valence-electron chi connectivity index (χ4n) is 2.50. The van der Waals surface area contributed by atoms with Crippen LogP contribution in [0.15, 0.2) is 41.7 Å². The first-order valence-electron chi connectivity index (χ1n) is 7.00. The maximum Gasteiger partial charge on any atom is 0.336 e. The van der Waals surface area contributed by atoms with E-state index in [1.807, 2.05) is 0 Å². The minimum atomic E-state index is -2.80. The summed E-state index contributed by atoms with van der Waals surface area (Å²) in [6.45, 7) is 1.55. The molecule has 1 atom stereocenters. The lowest BCUT2D eigenvalue weighted by molar-refractivity contribution is -0.164. The standard InChI is InChI=1S/C17H14O7/c1-9(18)12-13(20)15(22)17(10(2)19,14(12)21)16(23)24-8-11-6-4-3-5-7-11/h3-7,21H,8H2,1-2H3. The lowest BCUT2D eigenvalue weighted by Crippen LogP contribution is -2.47. The van der Waals surface area contributed by atoms with Crippen LogP contribution in [0.1, 0.15) is 19.4 Å². The van der Waals surface area contributed by atoms with E-state index in [1.54, 1.807) is 30.3 Å². The van der Waals surface area contributed by atoms with Gasteiger partial charge in [0.15, 0.2) is 11.6 Å². The number of aliphatic hydroxyl groups is 1. The lowest BCUT2D eigenvalue weighted by Gasteiger charge is -2.21. The SMILES string of the molecule is CC(=O)C1=C(O)C(C(C)=O)(C(=O)OCc2ccccc2)C(=O)C1=O. The number of ether oxygens (including phenoxy) is 1. The van der Waals surface area contributed by atoms with Gasteiger partial charge >= 0.3 is 5.97 Å². The van der Waals surface area contributed by atoms with E-state index in [-0.39, 0.29) is 6.61 Å². The van der Waals surface area contributed by atoms with Gasteiger partial charge in [0.2, 0.25) is 17.0 Å². The highest BCUT2D eigenvalue weighted by Crippen LogP contribution is 2.39. The molecule has 0 saturated carbocycles. The van der Waals surface area contributed by atoms with Crippen molar-refractivity contribution >= 4 is 29.1 Å². The molecule has 0 saturated heterocycles. The number of benzene rings is 1. The fourth-order valence-corrected chi connectivity index (χ4v) is 2.50. The minimum absolute atomic E-state index is 0.265. The van der Waals surface area contributed by atoms with E-state index in [0.29, 0.717) is 5.56 Å². The van der Waals surface area contributed by atoms with Crippen molar-refractivity contribution in [2.45, 2.75) is 20.5 Å². The number of carbonyl (C=O) groups excluding carboxylic acids is 5. The highest BCUT2D eigenvalue weighted by atomic mass is 16.5. The van der Waals surface area contributed by atoms with Crippen molar-refractivity contribution in [2.75, 3.05) is 0 Å². The molecule has 0 radical (unpaired) electrons. The largest absolute Gasteiger partial charge is 0.509 e. The van der Waals surface area contributed by atoms with Gasteiger partial charge in [-0.05, 0) is 19.4 Å². The van der Waals surface area contributed by atoms with Crippen molar-refractivity contribution < 1.29 is 33.8 Å². The van der Waals surface area contributed by atoms with Crippen molar-refractivity contribution in [3.8, 4) is 0 Å². The van der Waals surface area contributed by atoms with Crippen LogP contribution in [0.25, 0.3) is 0 Å². The molecule has 0 aliphatic heterocycles. The zero-order valence-corrected chi connectivity index (χ0v) is 13.0. The second-order valence-corrected chi connectivity index (χ2v) is 5.31. The van der Waals surface area contributed by atoms with Crippen molar-refractivity contribution in [3.63, 3.8) is 0 Å². The quantitative estimate of drug-likeness (QED) is 0.368. The number of allylic oxidation sites excluding steroid dienone is 1. The predicted molar refractivity (Wildman–Crippen MR) is 79.7 cm³/mol. The van der Waals surface area contributed by atoms with Crippen LogP contribution in [-0.2, 0) is 35.3 Å². The topological polar surface area (TPSA) is 115 Å². The number of esters is 1. The minimum Gasteiger partial charge on any atom is -0.509 e. The van der Waals surface area contributed by atoms with Gasteiger partial charge in [0, 0.05) is 0 Å². The summed E-state index contributed by atoms with van der Waals surface area (Å²) in [5, 5.41) is 10.1. The summed E-state index contributed by atoms with van der Waals surface area (Å²) in [5.41, 5.74) is -3.07. The van der Waals surface area contributed by atoms with Crippen LogP contribution in [0.4, 0.5) is 0 Å². The fraction of sp³-hybridized carbons (Fsp3) is 0.235. The average molecular weight is 330 g/mol. The smallest absolute Gasteiger partial charge is 0.336 e. The van der Waals surface area contributed by atoms with Crippen LogP contribution in [-0.4, -0.2) is 34.2 Å². The molecule has 0 fully saturated rings. The van der Waals surface area contributed by atoms with Gasteiger partial charge in [0.25, 0.3) is 0 Å². The Balaban J connectivity index is 2.43. The van der Waals surface area contributed by atoms with Gasteiger partial charge in [0.05, 0.1) is 0 Å². The van der Waals surface area contributed by atoms with E-state index in [1.165, 1.54) is 0 Å². The summed E-state index contributed by atoms with van der Waals surface area (Å²) in [6, 6.07) is 8.42. The Kier molecular flexibility index (Phi) is 4.45. The summed E-state index contributed by atoms with van der Waals surface area (Å²) in [4.78, 5) is 60.0. The van der Waals surface area contributed by atoms with Crippen LogP contribution in [0.5, 0.6) is 0 Å². The molecule has 0 heterocycles. The van der Waals surface area contributed by atoms with Crippen LogP contribution < -0.4 is 0 Å². The molecule has 1 aromatic rings. The number of Topliss-reactive ketones (excluding diaryl/α,β-unsaturated/α-hetero) is 4. The van der Waals surface area contributed by atoms with Crippen LogP contribution in [0.2, 0.25) is 0 Å². The Labute approximate surface area is 136 Å². The molecule has 24 heavy (non-hydrogen) atoms. The number of aliphatic hydroxyl groups excluding tert-OH is 1. The van der Waals surface area contributed by atoms with Gasteiger partial charge in [-0.2, -0.15) is 0 Å². The first-order chi connectivity index (χ1) is 11.2. The molecule has 0 aromatic heterocycles. The molecule has 1 aromatic carbocycles. The van der Waals surface area contributed by atoms with Gasteiger partial charge in [0.1, 0.15) is 17.9 Å². The van der Waals surface area contributed by atoms with E-state index in [9.17, 15) is 29.1 Å². The molecule has 0 amide bonds. The van der Waals surface area contributed by atoms with Crippen LogP contribution in [0.3, 0.4) is 0 Å². The molecule has 124 valence electrons. The molecule has 1 unspecified atom stereocenters. The number of rotatable bonds is 5. The van der Waals surface area contributed by atoms with E-state index in [4.69, 9.17) is 4.74 Å². The molecule has 2 rings (SSSR count). The highest BCUT2D eigenvalue weighted by molar-refractivity contribution is 6.60. The van der Waals surface area contributed by atoms with Crippen molar-refractivity contribution in [1.82, 2.24) is 0 Å². The van der Waals surface area contributed by atoms with E-state index >= 15 is 0 Å². The number of carbonyl (C=O) groups is 5. The number of ketones is 4. The summed E-state index contributed by atoms with van der Waals surface area (Å²) in [7, 11) is 0. The second-order valence-electron chi connectivity index (χ2n) is 5.31. The Hall–Kier alpha value is -3.09. The lowest BCUT2D eigenvalue weighted by atomic mass is 9.80. The Morgan fingerprint density at radius 3 is 2.12 bits per heavy atom. The Morgan fingerprint density at radius 2 is 1.67 bits per heavy atom. The van der Waals surface area contributed by atoms with E-state index in [2.05, 4.69) is 0 Å². The van der Waals surface area contributed by atoms with Crippen molar-refractivity contribution in [1.29, 1.82) is 0 Å². The summed E-state index contributed by atoms with van der Waals surface area (Å²) < 4.78 is 4.96. The molecule has 1 N–H and O–H groups in total. The molecule has 1 aliphatic carbocycles. The first kappa shape index (κ1) is 17.3. The predicted octanol–water partition coefficient (Wildman–Crippen LogP) is 0.858. The third-order valence-corrected chi connectivity index (χ3v) is 3.76. The number of hydrogen-bond donors (Lipinski definition) is 1. The Bertz CT molecular complexity index is 788. The molecular formula is C17H14O7. The summed E-state index contributed by atoms with van der Waals surface area (Å²) >= 11 is 0. The zero-order valence-electron chi connectivity index (χ0n) is 13.0. The average Bonchev–Trinajstić information content (AvgIpc) is 2.73. The van der Waals surface area contributed by atoms with E-state index in [0.717, 1.165) is 13.8 Å². The molecule has 0 spiro atoms. The molecular weight excluding hydrogens is 316 g/mol. The first-order valence-corrected chi connectivity index (χ1v) is 7.00. The van der Waals surface area contributed by atoms with E-state index < -0.39 is 45.8 Å². The number of hydrogen-bond acceptors (Lipinski definition) is 7. The van der Waals surface area contributed by atoms with Gasteiger partial charge < -0.3 is 9.84 Å². The Morgan fingerprint density at radius 1 is 1.08 bits per heavy atom. The molecule has 7 heteroatoms. The molecule has 1 aliphatic rings. The van der Waals surface area contributed by atoms with Gasteiger partial charge in [-0.1, -0.05) is 30.3 Å². The van der Waals surface area contributed by atoms with Crippen LogP contribution in [0, 0.1) is 5.41 Å². The maximum absolute atomic E-state index is 12.4. The normalized spacial score (nSPS) is 20.2. The highest BCUT2D eigenvalue weighted by Gasteiger charge is 2.64. The second kappa shape index (κ2) is 6.19. The molecule has 0 bridgehead atoms. The van der Waals surface area contributed by atoms with Gasteiger partial charge in [-0.15, -0.1) is 0 Å². The summed E-state index contributed by atoms with van der Waals surface area (Å²) in [6.07, 6.45) is 0. The zero-order chi connectivity index (χ0) is 18.1. The third-order valence-electron chi connectivity index (χ3n) is 3.76. The summed E-state index contributed by atoms with van der Waals surface area (Å²) in [5.74, 6) is -7.39. The van der Waals surface area contributed by atoms with Gasteiger partial charge in [-0.25, -0.2) is 4.79 Å². The molecule has 7 nitrogen and oxygen atoms in total. The maximum atomic E-state index is 12.4.